The fourth-order valence-electron chi connectivity index (χ4n) is 2.81. The molecule has 1 N–H and O–H groups in total. The van der Waals surface area contributed by atoms with E-state index in [1.165, 1.54) is 4.90 Å². The number of amides is 2. The van der Waals surface area contributed by atoms with Crippen LogP contribution in [0.1, 0.15) is 25.0 Å². The van der Waals surface area contributed by atoms with Crippen LogP contribution in [0.4, 0.5) is 0 Å². The zero-order valence-corrected chi connectivity index (χ0v) is 16.9. The fourth-order valence-corrected chi connectivity index (χ4v) is 2.81. The molecule has 0 radical (unpaired) electrons. The third-order valence-corrected chi connectivity index (χ3v) is 4.45. The number of benzene rings is 2. The first-order chi connectivity index (χ1) is 13.5. The number of aryl methyl sites for hydroxylation is 1. The molecule has 0 saturated heterocycles. The number of ether oxygens (including phenoxy) is 2. The average Bonchev–Trinajstić information content (AvgIpc) is 2.71. The molecule has 2 aromatic carbocycles. The molecule has 0 bridgehead atoms. The molecule has 0 aromatic heterocycles. The average molecular weight is 384 g/mol. The van der Waals surface area contributed by atoms with Crippen LogP contribution in [0.3, 0.4) is 0 Å². The SMILES string of the molecule is CCNC(=O)[C@H](C)N(Cc1cccc(OC)c1)C(=O)COc1ccccc1C. The first-order valence-corrected chi connectivity index (χ1v) is 9.34. The molecular weight excluding hydrogens is 356 g/mol. The Balaban J connectivity index is 2.17. The molecule has 2 rings (SSSR count). The molecule has 0 aliphatic rings. The van der Waals surface area contributed by atoms with Crippen molar-refractivity contribution in [1.82, 2.24) is 10.2 Å². The van der Waals surface area contributed by atoms with Crippen LogP contribution in [-0.4, -0.2) is 43.0 Å². The lowest BCUT2D eigenvalue weighted by Gasteiger charge is -2.28. The van der Waals surface area contributed by atoms with E-state index in [9.17, 15) is 9.59 Å². The van der Waals surface area contributed by atoms with Crippen molar-refractivity contribution in [2.45, 2.75) is 33.4 Å². The van der Waals surface area contributed by atoms with E-state index < -0.39 is 6.04 Å². The van der Waals surface area contributed by atoms with Gasteiger partial charge in [-0.2, -0.15) is 0 Å². The van der Waals surface area contributed by atoms with Gasteiger partial charge in [-0.15, -0.1) is 0 Å². The lowest BCUT2D eigenvalue weighted by molar-refractivity contribution is -0.142. The smallest absolute Gasteiger partial charge is 0.261 e. The molecule has 1 atom stereocenters. The summed E-state index contributed by atoms with van der Waals surface area (Å²) in [4.78, 5) is 26.8. The Labute approximate surface area is 166 Å². The van der Waals surface area contributed by atoms with Gasteiger partial charge in [-0.3, -0.25) is 9.59 Å². The van der Waals surface area contributed by atoms with Gasteiger partial charge in [-0.05, 0) is 50.1 Å². The number of hydrogen-bond acceptors (Lipinski definition) is 4. The summed E-state index contributed by atoms with van der Waals surface area (Å²) >= 11 is 0. The number of nitrogens with zero attached hydrogens (tertiary/aromatic N) is 1. The largest absolute Gasteiger partial charge is 0.497 e. The van der Waals surface area contributed by atoms with Gasteiger partial charge in [0.15, 0.2) is 6.61 Å². The van der Waals surface area contributed by atoms with Crippen molar-refractivity contribution < 1.29 is 19.1 Å². The second kappa shape index (κ2) is 10.3. The fraction of sp³-hybridized carbons (Fsp3) is 0.364. The minimum absolute atomic E-state index is 0.140. The molecule has 6 heteroatoms. The number of nitrogens with one attached hydrogen (secondary N) is 1. The second-order valence-electron chi connectivity index (χ2n) is 6.50. The Bertz CT molecular complexity index is 807. The van der Waals surface area contributed by atoms with E-state index in [0.717, 1.165) is 11.1 Å². The summed E-state index contributed by atoms with van der Waals surface area (Å²) in [6, 6.07) is 14.3. The Morgan fingerprint density at radius 3 is 2.57 bits per heavy atom. The molecular formula is C22H28N2O4. The highest BCUT2D eigenvalue weighted by Gasteiger charge is 2.26. The van der Waals surface area contributed by atoms with E-state index in [1.807, 2.05) is 62.4 Å². The third-order valence-electron chi connectivity index (χ3n) is 4.45. The monoisotopic (exact) mass is 384 g/mol. The lowest BCUT2D eigenvalue weighted by Crippen LogP contribution is -2.49. The van der Waals surface area contributed by atoms with Crippen LogP contribution in [0, 0.1) is 6.92 Å². The van der Waals surface area contributed by atoms with Gasteiger partial charge < -0.3 is 19.7 Å². The standard InChI is InChI=1S/C22H28N2O4/c1-5-23-22(26)17(3)24(14-18-10-8-11-19(13-18)27-4)21(25)15-28-20-12-7-6-9-16(20)2/h6-13,17H,5,14-15H2,1-4H3,(H,23,26)/t17-/m0/s1. The predicted octanol–water partition coefficient (Wildman–Crippen LogP) is 2.94. The van der Waals surface area contributed by atoms with Crippen LogP contribution in [0.5, 0.6) is 11.5 Å². The number of para-hydroxylation sites is 1. The molecule has 0 aliphatic heterocycles. The first kappa shape index (κ1) is 21.3. The number of rotatable bonds is 9. The molecule has 2 amide bonds. The van der Waals surface area contributed by atoms with E-state index in [-0.39, 0.29) is 25.0 Å². The van der Waals surface area contributed by atoms with E-state index in [4.69, 9.17) is 9.47 Å². The van der Waals surface area contributed by atoms with Crippen molar-refractivity contribution in [1.29, 1.82) is 0 Å². The highest BCUT2D eigenvalue weighted by Crippen LogP contribution is 2.18. The van der Waals surface area contributed by atoms with Gasteiger partial charge in [0.05, 0.1) is 7.11 Å². The van der Waals surface area contributed by atoms with Gasteiger partial charge in [0, 0.05) is 13.1 Å². The van der Waals surface area contributed by atoms with E-state index >= 15 is 0 Å². The van der Waals surface area contributed by atoms with Crippen LogP contribution in [0.2, 0.25) is 0 Å². The first-order valence-electron chi connectivity index (χ1n) is 9.34. The summed E-state index contributed by atoms with van der Waals surface area (Å²) in [5.74, 6) is 0.897. The summed E-state index contributed by atoms with van der Waals surface area (Å²) in [5, 5.41) is 2.77. The maximum atomic E-state index is 12.9. The van der Waals surface area contributed by atoms with Crippen LogP contribution in [0.25, 0.3) is 0 Å². The van der Waals surface area contributed by atoms with Crippen molar-refractivity contribution in [3.05, 3.63) is 59.7 Å². The quantitative estimate of drug-likeness (QED) is 0.722. The van der Waals surface area contributed by atoms with Crippen LogP contribution < -0.4 is 14.8 Å². The highest BCUT2D eigenvalue weighted by atomic mass is 16.5. The van der Waals surface area contributed by atoms with Crippen molar-refractivity contribution in [2.24, 2.45) is 0 Å². The van der Waals surface area contributed by atoms with Gasteiger partial charge in [0.1, 0.15) is 17.5 Å². The van der Waals surface area contributed by atoms with E-state index in [0.29, 0.717) is 18.0 Å². The van der Waals surface area contributed by atoms with E-state index in [1.54, 1.807) is 14.0 Å². The summed E-state index contributed by atoms with van der Waals surface area (Å²) in [6.07, 6.45) is 0. The molecule has 6 nitrogen and oxygen atoms in total. The minimum atomic E-state index is -0.626. The number of carbonyl (C=O) groups is 2. The molecule has 0 unspecified atom stereocenters. The van der Waals surface area contributed by atoms with Crippen LogP contribution in [0.15, 0.2) is 48.5 Å². The summed E-state index contributed by atoms with van der Waals surface area (Å²) in [5.41, 5.74) is 1.83. The number of likely N-dealkylation sites (N-methyl/N-ethyl adjacent to an activating group) is 1. The topological polar surface area (TPSA) is 67.9 Å². The van der Waals surface area contributed by atoms with Crippen molar-refractivity contribution in [3.8, 4) is 11.5 Å². The van der Waals surface area contributed by atoms with Gasteiger partial charge in [-0.1, -0.05) is 30.3 Å². The highest BCUT2D eigenvalue weighted by molar-refractivity contribution is 5.87. The summed E-state index contributed by atoms with van der Waals surface area (Å²) in [7, 11) is 1.59. The number of carbonyl (C=O) groups excluding carboxylic acids is 2. The molecule has 0 spiro atoms. The normalized spacial score (nSPS) is 11.4. The van der Waals surface area contributed by atoms with Crippen LogP contribution >= 0.6 is 0 Å². The van der Waals surface area contributed by atoms with E-state index in [2.05, 4.69) is 5.32 Å². The van der Waals surface area contributed by atoms with Crippen molar-refractivity contribution in [3.63, 3.8) is 0 Å². The van der Waals surface area contributed by atoms with Gasteiger partial charge in [0.25, 0.3) is 5.91 Å². The summed E-state index contributed by atoms with van der Waals surface area (Å²) in [6.45, 7) is 6.14. The molecule has 2 aromatic rings. The molecule has 0 aliphatic carbocycles. The molecule has 0 heterocycles. The van der Waals surface area contributed by atoms with Crippen LogP contribution in [-0.2, 0) is 16.1 Å². The predicted molar refractivity (Wildman–Crippen MR) is 108 cm³/mol. The van der Waals surface area contributed by atoms with Gasteiger partial charge in [0.2, 0.25) is 5.91 Å². The zero-order chi connectivity index (χ0) is 20.5. The van der Waals surface area contributed by atoms with Crippen molar-refractivity contribution >= 4 is 11.8 Å². The van der Waals surface area contributed by atoms with Gasteiger partial charge in [-0.25, -0.2) is 0 Å². The number of methoxy groups -OCH3 is 1. The lowest BCUT2D eigenvalue weighted by atomic mass is 10.1. The molecule has 0 saturated carbocycles. The molecule has 28 heavy (non-hydrogen) atoms. The Morgan fingerprint density at radius 1 is 1.14 bits per heavy atom. The Hall–Kier alpha value is -3.02. The third kappa shape index (κ3) is 5.74. The maximum Gasteiger partial charge on any atom is 0.261 e. The molecule has 0 fully saturated rings. The maximum absolute atomic E-state index is 12.9. The summed E-state index contributed by atoms with van der Waals surface area (Å²) < 4.78 is 11.0. The zero-order valence-electron chi connectivity index (χ0n) is 16.9. The van der Waals surface area contributed by atoms with Crippen molar-refractivity contribution in [2.75, 3.05) is 20.3 Å². The molecule has 150 valence electrons. The second-order valence-corrected chi connectivity index (χ2v) is 6.50. The number of hydrogen-bond donors (Lipinski definition) is 1. The Kier molecular flexibility index (Phi) is 7.87. The van der Waals surface area contributed by atoms with Gasteiger partial charge >= 0.3 is 0 Å². The minimum Gasteiger partial charge on any atom is -0.497 e. The Morgan fingerprint density at radius 2 is 1.89 bits per heavy atom.